The normalized spacial score (nSPS) is 14.8. The van der Waals surface area contributed by atoms with Gasteiger partial charge in [0.25, 0.3) is 0 Å². The van der Waals surface area contributed by atoms with E-state index in [1.165, 1.54) is 25.2 Å². The number of ether oxygens (including phenoxy) is 2. The summed E-state index contributed by atoms with van der Waals surface area (Å²) in [6.45, 7) is 0.923. The van der Waals surface area contributed by atoms with Crippen molar-refractivity contribution < 1.29 is 27.5 Å². The van der Waals surface area contributed by atoms with Crippen LogP contribution in [0.4, 0.5) is 5.69 Å². The van der Waals surface area contributed by atoms with E-state index in [9.17, 15) is 18.0 Å². The van der Waals surface area contributed by atoms with Gasteiger partial charge < -0.3 is 19.7 Å². The summed E-state index contributed by atoms with van der Waals surface area (Å²) < 4.78 is 37.4. The molecule has 0 unspecified atom stereocenters. The van der Waals surface area contributed by atoms with Crippen LogP contribution in [-0.4, -0.2) is 64.2 Å². The molecule has 0 spiro atoms. The van der Waals surface area contributed by atoms with Crippen molar-refractivity contribution in [1.82, 2.24) is 10.2 Å². The number of nitrogens with zero attached hydrogens (tertiary/aromatic N) is 2. The lowest BCUT2D eigenvalue weighted by Gasteiger charge is -2.33. The van der Waals surface area contributed by atoms with Gasteiger partial charge in [0.05, 0.1) is 26.2 Å². The fourth-order valence-corrected chi connectivity index (χ4v) is 5.95. The van der Waals surface area contributed by atoms with Gasteiger partial charge in [0.1, 0.15) is 24.1 Å². The molecule has 0 aliphatic heterocycles. The molecule has 1 saturated carbocycles. The Kier molecular flexibility index (Phi) is 10.7. The van der Waals surface area contributed by atoms with Crippen molar-refractivity contribution in [3.63, 3.8) is 0 Å². The third-order valence-electron chi connectivity index (χ3n) is 6.84. The predicted octanol–water partition coefficient (Wildman–Crippen LogP) is 4.64. The van der Waals surface area contributed by atoms with Crippen LogP contribution in [0.1, 0.15) is 44.6 Å². The maximum atomic E-state index is 13.9. The average molecular weight is 601 g/mol. The van der Waals surface area contributed by atoms with Crippen LogP contribution in [0.15, 0.2) is 36.4 Å². The molecule has 1 aliphatic rings. The van der Waals surface area contributed by atoms with Crippen LogP contribution in [0, 0.1) is 0 Å². The van der Waals surface area contributed by atoms with Crippen LogP contribution in [0.3, 0.4) is 0 Å². The van der Waals surface area contributed by atoms with Crippen molar-refractivity contribution in [1.29, 1.82) is 0 Å². The van der Waals surface area contributed by atoms with E-state index in [2.05, 4.69) is 5.32 Å². The number of carbonyl (C=O) groups excluding carboxylic acids is 2. The molecule has 1 fully saturated rings. The van der Waals surface area contributed by atoms with Crippen molar-refractivity contribution in [2.75, 3.05) is 31.3 Å². The molecule has 39 heavy (non-hydrogen) atoms. The standard InChI is InChI=1S/C27H35Cl2N3O6S/c1-18(27(34)30-19-9-6-5-7-10-19)31(16-21-22(28)11-8-12-23(21)29)26(33)17-32(39(4,35)36)24-15-20(37-2)13-14-25(24)38-3/h8,11-15,18-19H,5-7,9-10,16-17H2,1-4H3,(H,30,34)/t18-/m1/s1. The first kappa shape index (κ1) is 30.8. The van der Waals surface area contributed by atoms with Crippen LogP contribution in [-0.2, 0) is 26.2 Å². The molecule has 0 saturated heterocycles. The van der Waals surface area contributed by atoms with E-state index < -0.39 is 28.5 Å². The Bertz CT molecular complexity index is 1260. The third kappa shape index (κ3) is 7.93. The van der Waals surface area contributed by atoms with Gasteiger partial charge in [-0.2, -0.15) is 0 Å². The molecule has 2 amide bonds. The molecular weight excluding hydrogens is 565 g/mol. The van der Waals surface area contributed by atoms with Gasteiger partial charge in [0.2, 0.25) is 21.8 Å². The van der Waals surface area contributed by atoms with Gasteiger partial charge in [-0.15, -0.1) is 0 Å². The Balaban J connectivity index is 1.98. The number of rotatable bonds is 11. The highest BCUT2D eigenvalue weighted by molar-refractivity contribution is 7.92. The second kappa shape index (κ2) is 13.6. The first-order chi connectivity index (χ1) is 18.5. The zero-order chi connectivity index (χ0) is 28.7. The Morgan fingerprint density at radius 3 is 2.26 bits per heavy atom. The summed E-state index contributed by atoms with van der Waals surface area (Å²) in [5.74, 6) is -0.333. The van der Waals surface area contributed by atoms with E-state index in [-0.39, 0.29) is 29.9 Å². The average Bonchev–Trinajstić information content (AvgIpc) is 2.90. The van der Waals surface area contributed by atoms with Crippen LogP contribution in [0.5, 0.6) is 11.5 Å². The second-order valence-corrected chi connectivity index (χ2v) is 12.3. The third-order valence-corrected chi connectivity index (χ3v) is 8.68. The zero-order valence-corrected chi connectivity index (χ0v) is 24.9. The molecule has 12 heteroatoms. The minimum Gasteiger partial charge on any atom is -0.497 e. The van der Waals surface area contributed by atoms with Gasteiger partial charge in [-0.25, -0.2) is 8.42 Å². The number of halogens is 2. The van der Waals surface area contributed by atoms with Gasteiger partial charge >= 0.3 is 0 Å². The van der Waals surface area contributed by atoms with Crippen molar-refractivity contribution in [2.45, 2.75) is 57.7 Å². The fraction of sp³-hybridized carbons (Fsp3) is 0.481. The number of hydrogen-bond donors (Lipinski definition) is 1. The van der Waals surface area contributed by atoms with Crippen molar-refractivity contribution in [3.05, 3.63) is 52.0 Å². The van der Waals surface area contributed by atoms with Gasteiger partial charge in [-0.3, -0.25) is 13.9 Å². The quantitative estimate of drug-likeness (QED) is 0.403. The number of nitrogens with one attached hydrogen (secondary N) is 1. The summed E-state index contributed by atoms with van der Waals surface area (Å²) in [5, 5.41) is 3.71. The molecule has 2 aromatic carbocycles. The molecule has 1 aliphatic carbocycles. The molecule has 0 heterocycles. The van der Waals surface area contributed by atoms with E-state index in [0.717, 1.165) is 42.7 Å². The van der Waals surface area contributed by atoms with Crippen LogP contribution in [0.25, 0.3) is 0 Å². The van der Waals surface area contributed by atoms with Crippen molar-refractivity contribution in [3.8, 4) is 11.5 Å². The maximum absolute atomic E-state index is 13.9. The largest absolute Gasteiger partial charge is 0.497 e. The van der Waals surface area contributed by atoms with Crippen LogP contribution < -0.4 is 19.1 Å². The molecule has 0 radical (unpaired) electrons. The van der Waals surface area contributed by atoms with E-state index in [0.29, 0.717) is 21.4 Å². The van der Waals surface area contributed by atoms with Gasteiger partial charge in [-0.1, -0.05) is 48.5 Å². The van der Waals surface area contributed by atoms with Crippen LogP contribution >= 0.6 is 23.2 Å². The van der Waals surface area contributed by atoms with Gasteiger partial charge in [0, 0.05) is 34.3 Å². The van der Waals surface area contributed by atoms with E-state index in [1.54, 1.807) is 37.3 Å². The Morgan fingerprint density at radius 1 is 1.05 bits per heavy atom. The minimum absolute atomic E-state index is 0.0307. The number of benzene rings is 2. The number of amides is 2. The first-order valence-corrected chi connectivity index (χ1v) is 15.3. The number of carbonyl (C=O) groups is 2. The Hall–Kier alpha value is -2.69. The lowest BCUT2D eigenvalue weighted by molar-refractivity contribution is -0.139. The van der Waals surface area contributed by atoms with E-state index in [1.807, 2.05) is 0 Å². The molecule has 1 N–H and O–H groups in total. The second-order valence-electron chi connectivity index (χ2n) is 9.55. The molecule has 3 rings (SSSR count). The molecule has 0 aromatic heterocycles. The smallest absolute Gasteiger partial charge is 0.244 e. The highest BCUT2D eigenvalue weighted by atomic mass is 35.5. The predicted molar refractivity (Wildman–Crippen MR) is 153 cm³/mol. The first-order valence-electron chi connectivity index (χ1n) is 12.7. The Morgan fingerprint density at radius 2 is 1.69 bits per heavy atom. The topological polar surface area (TPSA) is 105 Å². The molecule has 9 nitrogen and oxygen atoms in total. The highest BCUT2D eigenvalue weighted by Gasteiger charge is 2.33. The number of hydrogen-bond acceptors (Lipinski definition) is 6. The Labute approximate surface area is 240 Å². The van der Waals surface area contributed by atoms with E-state index >= 15 is 0 Å². The lowest BCUT2D eigenvalue weighted by Crippen LogP contribution is -2.53. The minimum atomic E-state index is -3.96. The molecule has 0 bridgehead atoms. The van der Waals surface area contributed by atoms with Gasteiger partial charge in [0.15, 0.2) is 0 Å². The van der Waals surface area contributed by atoms with Gasteiger partial charge in [-0.05, 0) is 44.0 Å². The summed E-state index contributed by atoms with van der Waals surface area (Å²) in [5.41, 5.74) is 0.583. The van der Waals surface area contributed by atoms with Crippen molar-refractivity contribution >= 4 is 50.7 Å². The summed E-state index contributed by atoms with van der Waals surface area (Å²) in [6.07, 6.45) is 5.94. The summed E-state index contributed by atoms with van der Waals surface area (Å²) in [4.78, 5) is 28.5. The number of anilines is 1. The molecular formula is C27H35Cl2N3O6S. The number of methoxy groups -OCH3 is 2. The lowest BCUT2D eigenvalue weighted by atomic mass is 9.95. The molecule has 214 valence electrons. The monoisotopic (exact) mass is 599 g/mol. The molecule has 1 atom stereocenters. The molecule has 2 aromatic rings. The van der Waals surface area contributed by atoms with E-state index in [4.69, 9.17) is 32.7 Å². The summed E-state index contributed by atoms with van der Waals surface area (Å²) in [7, 11) is -1.12. The maximum Gasteiger partial charge on any atom is 0.244 e. The zero-order valence-electron chi connectivity index (χ0n) is 22.6. The summed E-state index contributed by atoms with van der Waals surface area (Å²) >= 11 is 12.8. The fourth-order valence-electron chi connectivity index (χ4n) is 4.59. The highest BCUT2D eigenvalue weighted by Crippen LogP contribution is 2.34. The van der Waals surface area contributed by atoms with Crippen LogP contribution in [0.2, 0.25) is 10.0 Å². The SMILES string of the molecule is COc1ccc(OC)c(N(CC(=O)N(Cc2c(Cl)cccc2Cl)[C@H](C)C(=O)NC2CCCCC2)S(C)(=O)=O)c1. The van der Waals surface area contributed by atoms with Crippen molar-refractivity contribution in [2.24, 2.45) is 0 Å². The summed E-state index contributed by atoms with van der Waals surface area (Å²) in [6, 6.07) is 8.71. The number of sulfonamides is 1.